The summed E-state index contributed by atoms with van der Waals surface area (Å²) in [5, 5.41) is 14.3. The van der Waals surface area contributed by atoms with Crippen LogP contribution in [0.4, 0.5) is 15.8 Å². The minimum atomic E-state index is -1.00. The summed E-state index contributed by atoms with van der Waals surface area (Å²) in [5.74, 6) is -3.08. The molecule has 1 unspecified atom stereocenters. The molecule has 0 spiro atoms. The molecule has 6 N–H and O–H groups in total. The Morgan fingerprint density at radius 3 is 2.34 bits per heavy atom. The van der Waals surface area contributed by atoms with E-state index in [4.69, 9.17) is 0 Å². The van der Waals surface area contributed by atoms with Crippen molar-refractivity contribution in [2.24, 2.45) is 0 Å². The number of rotatable bonds is 17. The van der Waals surface area contributed by atoms with Gasteiger partial charge >= 0.3 is 0 Å². The fourth-order valence-corrected chi connectivity index (χ4v) is 8.45. The summed E-state index contributed by atoms with van der Waals surface area (Å²) in [6.07, 6.45) is 6.44. The van der Waals surface area contributed by atoms with Crippen molar-refractivity contribution in [1.82, 2.24) is 35.6 Å². The lowest BCUT2D eigenvalue weighted by Gasteiger charge is -2.34. The molecule has 2 aromatic carbocycles. The summed E-state index contributed by atoms with van der Waals surface area (Å²) in [7, 11) is 0. The minimum Gasteiger partial charge on any atom is -0.384 e. The third kappa shape index (κ3) is 9.73. The van der Waals surface area contributed by atoms with Gasteiger partial charge in [-0.15, -0.1) is 0 Å². The van der Waals surface area contributed by atoms with Gasteiger partial charge in [0.05, 0.1) is 28.8 Å². The number of benzene rings is 2. The van der Waals surface area contributed by atoms with Gasteiger partial charge in [-0.3, -0.25) is 53.6 Å². The molecule has 61 heavy (non-hydrogen) atoms. The molecule has 3 aromatic rings. The Labute approximate surface area is 353 Å². The van der Waals surface area contributed by atoms with Crippen LogP contribution in [-0.2, 0) is 19.2 Å². The molecule has 2 fully saturated rings. The minimum absolute atomic E-state index is 0.00157. The number of hydrogen-bond donors (Lipinski definition) is 6. The zero-order valence-electron chi connectivity index (χ0n) is 34.5. The Hall–Kier alpha value is -6.20. The second-order valence-electron chi connectivity index (χ2n) is 16.0. The first-order chi connectivity index (χ1) is 29.4. The highest BCUT2D eigenvalue weighted by Crippen LogP contribution is 2.35. The molecule has 17 heteroatoms. The van der Waals surface area contributed by atoms with Gasteiger partial charge in [0.15, 0.2) is 0 Å². The largest absolute Gasteiger partial charge is 0.384 e. The normalized spacial score (nSPS) is 18.6. The number of nitrogens with one attached hydrogen (secondary N) is 6. The van der Waals surface area contributed by atoms with Crippen molar-refractivity contribution < 1.29 is 38.0 Å². The van der Waals surface area contributed by atoms with Gasteiger partial charge in [-0.25, -0.2) is 4.39 Å². The average molecular weight is 838 g/mol. The van der Waals surface area contributed by atoms with E-state index in [2.05, 4.69) is 41.4 Å². The van der Waals surface area contributed by atoms with E-state index < -0.39 is 35.5 Å². The number of amides is 7. The molecule has 0 aliphatic carbocycles. The van der Waals surface area contributed by atoms with Crippen molar-refractivity contribution in [2.45, 2.75) is 64.8 Å². The fraction of sp³-hybridized carbons (Fsp3) is 0.432. The van der Waals surface area contributed by atoms with Crippen molar-refractivity contribution in [2.75, 3.05) is 69.5 Å². The van der Waals surface area contributed by atoms with Gasteiger partial charge in [0.2, 0.25) is 17.7 Å². The number of piperidine rings is 1. The molecule has 2 saturated heterocycles. The van der Waals surface area contributed by atoms with Crippen molar-refractivity contribution in [3.63, 3.8) is 0 Å². The Balaban J connectivity index is 0.738. The number of halogens is 1. The number of nitrogens with zero attached hydrogens (tertiary/aromatic N) is 3. The topological polar surface area (TPSA) is 205 Å². The van der Waals surface area contributed by atoms with Gasteiger partial charge in [0, 0.05) is 87.1 Å². The number of carbonyl (C=O) groups excluding carboxylic acids is 7. The number of anilines is 2. The predicted molar refractivity (Wildman–Crippen MR) is 226 cm³/mol. The molecule has 4 aliphatic rings. The Morgan fingerprint density at radius 1 is 0.836 bits per heavy atom. The maximum Gasteiger partial charge on any atom is 0.264 e. The Bertz CT molecular complexity index is 2280. The van der Waals surface area contributed by atoms with Crippen molar-refractivity contribution in [3.05, 3.63) is 81.4 Å². The standard InChI is InChI=1S/C44H52FN9O7/c1-26-34(24-31-30-23-28(45)11-12-32(30)50-40(31)57)49-27(2)38(26)42(59)48-17-18-52-19-21-53(22-20-52)25-37(56)47-16-7-5-3-4-6-15-46-33-10-8-9-29-39(33)44(61)54(43(29)60)35-13-14-36(55)51-41(35)58/h8-12,23-24,35,46,49H,3-7,13-22,25H2,1-2H3,(H,47,56)(H,48,59)(H,50,57)(H,51,55,58)/b31-24-. The molecular formula is C44H52FN9O7. The molecular weight excluding hydrogens is 786 g/mol. The van der Waals surface area contributed by atoms with E-state index in [9.17, 15) is 38.0 Å². The quantitative estimate of drug-likeness (QED) is 0.0666. The number of carbonyl (C=O) groups is 7. The highest BCUT2D eigenvalue weighted by atomic mass is 19.1. The monoisotopic (exact) mass is 837 g/mol. The van der Waals surface area contributed by atoms with E-state index in [1.807, 2.05) is 13.8 Å². The summed E-state index contributed by atoms with van der Waals surface area (Å²) in [6, 6.07) is 8.18. The number of aromatic nitrogens is 1. The molecule has 0 radical (unpaired) electrons. The van der Waals surface area contributed by atoms with Crippen molar-refractivity contribution in [1.29, 1.82) is 0 Å². The lowest BCUT2D eigenvalue weighted by Crippen LogP contribution is -2.54. The van der Waals surface area contributed by atoms with Crippen molar-refractivity contribution >= 4 is 64.4 Å². The van der Waals surface area contributed by atoms with E-state index >= 15 is 0 Å². The molecule has 1 atom stereocenters. The van der Waals surface area contributed by atoms with Gasteiger partial charge in [-0.1, -0.05) is 25.3 Å². The molecule has 5 heterocycles. The van der Waals surface area contributed by atoms with Crippen LogP contribution in [0.2, 0.25) is 0 Å². The fourth-order valence-electron chi connectivity index (χ4n) is 8.45. The van der Waals surface area contributed by atoms with Gasteiger partial charge in [0.25, 0.3) is 23.6 Å². The first-order valence-electron chi connectivity index (χ1n) is 21.0. The Kier molecular flexibility index (Phi) is 13.4. The predicted octanol–water partition coefficient (Wildman–Crippen LogP) is 3.19. The number of aromatic amines is 1. The van der Waals surface area contributed by atoms with Crippen LogP contribution in [0.15, 0.2) is 36.4 Å². The van der Waals surface area contributed by atoms with Crippen LogP contribution in [0.1, 0.15) is 98.5 Å². The molecule has 7 rings (SSSR count). The first kappa shape index (κ1) is 42.9. The average Bonchev–Trinajstić information content (AvgIpc) is 3.79. The molecule has 4 aliphatic heterocycles. The Morgan fingerprint density at radius 2 is 1.57 bits per heavy atom. The second kappa shape index (κ2) is 19.0. The zero-order chi connectivity index (χ0) is 43.2. The number of aryl methyl sites for hydroxylation is 1. The van der Waals surface area contributed by atoms with E-state index in [0.717, 1.165) is 63.2 Å². The van der Waals surface area contributed by atoms with Gasteiger partial charge in [0.1, 0.15) is 11.9 Å². The third-order valence-electron chi connectivity index (χ3n) is 11.8. The van der Waals surface area contributed by atoms with E-state index in [1.54, 1.807) is 24.3 Å². The number of hydrogen-bond acceptors (Lipinski definition) is 10. The number of H-pyrrole nitrogens is 1. The highest BCUT2D eigenvalue weighted by molar-refractivity contribution is 6.35. The smallest absolute Gasteiger partial charge is 0.264 e. The molecule has 322 valence electrons. The summed E-state index contributed by atoms with van der Waals surface area (Å²) < 4.78 is 13.9. The lowest BCUT2D eigenvalue weighted by molar-refractivity contribution is -0.136. The van der Waals surface area contributed by atoms with E-state index in [-0.39, 0.29) is 41.7 Å². The number of fused-ring (bicyclic) bond motifs is 2. The van der Waals surface area contributed by atoms with Crippen LogP contribution in [0.3, 0.4) is 0 Å². The van der Waals surface area contributed by atoms with Crippen LogP contribution >= 0.6 is 0 Å². The number of piperazine rings is 1. The lowest BCUT2D eigenvalue weighted by atomic mass is 10.0. The van der Waals surface area contributed by atoms with Gasteiger partial charge < -0.3 is 26.3 Å². The molecule has 0 bridgehead atoms. The summed E-state index contributed by atoms with van der Waals surface area (Å²) in [4.78, 5) is 97.3. The van der Waals surface area contributed by atoms with Crippen LogP contribution in [0.25, 0.3) is 11.6 Å². The van der Waals surface area contributed by atoms with Crippen LogP contribution in [-0.4, -0.2) is 126 Å². The van der Waals surface area contributed by atoms with Crippen molar-refractivity contribution in [3.8, 4) is 0 Å². The summed E-state index contributed by atoms with van der Waals surface area (Å²) in [5.41, 5.74) is 4.92. The second-order valence-corrected chi connectivity index (χ2v) is 16.0. The summed E-state index contributed by atoms with van der Waals surface area (Å²) in [6.45, 7) is 9.36. The van der Waals surface area contributed by atoms with Gasteiger partial charge in [-0.05, 0) is 75.1 Å². The molecule has 7 amide bonds. The SMILES string of the molecule is Cc1[nH]c(/C=C2\C(=O)Nc3ccc(F)cc32)c(C)c1C(=O)NCCN1CCN(CC(=O)NCCCCCCCNc2cccc3c2C(=O)N(C2CCC(=O)NC2=O)C3=O)CC1. The number of unbranched alkanes of at least 4 members (excludes halogenated alkanes) is 4. The van der Waals surface area contributed by atoms with Crippen LogP contribution in [0.5, 0.6) is 0 Å². The van der Waals surface area contributed by atoms with Crippen LogP contribution in [0, 0.1) is 19.7 Å². The highest BCUT2D eigenvalue weighted by Gasteiger charge is 2.45. The van der Waals surface area contributed by atoms with Gasteiger partial charge in [-0.2, -0.15) is 0 Å². The summed E-state index contributed by atoms with van der Waals surface area (Å²) >= 11 is 0. The number of imide groups is 2. The maximum absolute atomic E-state index is 13.9. The van der Waals surface area contributed by atoms with Crippen LogP contribution < -0.4 is 26.6 Å². The molecule has 0 saturated carbocycles. The third-order valence-corrected chi connectivity index (χ3v) is 11.8. The zero-order valence-corrected chi connectivity index (χ0v) is 34.5. The van der Waals surface area contributed by atoms with E-state index in [1.165, 1.54) is 18.2 Å². The first-order valence-corrected chi connectivity index (χ1v) is 21.0. The molecule has 1 aromatic heterocycles. The van der Waals surface area contributed by atoms with E-state index in [0.29, 0.717) is 77.7 Å². The molecule has 16 nitrogen and oxygen atoms in total. The maximum atomic E-state index is 13.9.